The molecule has 1 saturated carbocycles. The minimum absolute atomic E-state index is 0.0449. The van der Waals surface area contributed by atoms with Crippen molar-refractivity contribution < 1.29 is 3.07 Å². The molecule has 1 fully saturated rings. The second-order valence-corrected chi connectivity index (χ2v) is 33.5. The molecule has 0 bridgehead atoms. The molecule has 1 nitrogen and oxygen atoms in total. The number of hydrogen-bond donors (Lipinski definition) is 0. The van der Waals surface area contributed by atoms with Crippen molar-refractivity contribution in [3.8, 4) is 9.86 Å². The summed E-state index contributed by atoms with van der Waals surface area (Å²) in [4.78, 5) is 14.2. The van der Waals surface area contributed by atoms with Crippen molar-refractivity contribution >= 4 is 37.2 Å². The SMILES string of the molecule is [CH3][Sn]([CH3])([CH3])[C]#CC1([O][Sn]([CH3])([CH3])[CH3])CCCCC1. The molecule has 98 valence electrons. The van der Waals surface area contributed by atoms with Crippen LogP contribution in [0.2, 0.25) is 29.6 Å². The van der Waals surface area contributed by atoms with Crippen LogP contribution in [0.5, 0.6) is 0 Å². The molecule has 0 saturated heterocycles. The topological polar surface area (TPSA) is 9.23 Å². The van der Waals surface area contributed by atoms with Gasteiger partial charge in [0.2, 0.25) is 0 Å². The average Bonchev–Trinajstić information content (AvgIpc) is 2.13. The van der Waals surface area contributed by atoms with Gasteiger partial charge in [-0.25, -0.2) is 0 Å². The molecule has 0 spiro atoms. The summed E-state index contributed by atoms with van der Waals surface area (Å²) in [6, 6.07) is 0. The van der Waals surface area contributed by atoms with Crippen LogP contribution in [0.4, 0.5) is 0 Å². The monoisotopic (exact) mass is 452 g/mol. The first-order valence-corrected chi connectivity index (χ1v) is 26.6. The molecule has 1 aliphatic carbocycles. The van der Waals surface area contributed by atoms with Crippen molar-refractivity contribution in [2.24, 2.45) is 0 Å². The maximum atomic E-state index is 6.53. The van der Waals surface area contributed by atoms with Crippen molar-refractivity contribution in [2.45, 2.75) is 67.3 Å². The Labute approximate surface area is 116 Å². The van der Waals surface area contributed by atoms with Crippen LogP contribution in [0.15, 0.2) is 0 Å². The molecule has 0 heterocycles. The van der Waals surface area contributed by atoms with Crippen LogP contribution >= 0.6 is 0 Å². The second kappa shape index (κ2) is 6.05. The Morgan fingerprint density at radius 2 is 1.41 bits per heavy atom. The fourth-order valence-corrected chi connectivity index (χ4v) is 8.06. The molecule has 0 aromatic rings. The first-order valence-electron chi connectivity index (χ1n) is 6.87. The van der Waals surface area contributed by atoms with Crippen LogP contribution in [0.3, 0.4) is 0 Å². The molecule has 0 amide bonds. The van der Waals surface area contributed by atoms with E-state index in [-0.39, 0.29) is 5.60 Å². The summed E-state index contributed by atoms with van der Waals surface area (Å²) in [5.41, 5.74) is -0.0449. The van der Waals surface area contributed by atoms with Crippen molar-refractivity contribution in [1.29, 1.82) is 0 Å². The molecule has 17 heavy (non-hydrogen) atoms. The third kappa shape index (κ3) is 6.73. The van der Waals surface area contributed by atoms with E-state index in [1.165, 1.54) is 32.1 Å². The molecule has 0 atom stereocenters. The molecule has 0 aromatic carbocycles. The van der Waals surface area contributed by atoms with Crippen molar-refractivity contribution in [2.75, 3.05) is 0 Å². The zero-order valence-corrected chi connectivity index (χ0v) is 18.2. The van der Waals surface area contributed by atoms with Gasteiger partial charge in [-0.15, -0.1) is 0 Å². The second-order valence-electron chi connectivity index (χ2n) is 7.27. The number of hydrogen-bond acceptors (Lipinski definition) is 1. The summed E-state index contributed by atoms with van der Waals surface area (Å²) >= 11 is -4.19. The van der Waals surface area contributed by atoms with Crippen molar-refractivity contribution in [3.05, 3.63) is 0 Å². The first kappa shape index (κ1) is 16.2. The van der Waals surface area contributed by atoms with E-state index in [0.29, 0.717) is 0 Å². The molecule has 1 rings (SSSR count). The van der Waals surface area contributed by atoms with E-state index < -0.39 is 37.2 Å². The van der Waals surface area contributed by atoms with E-state index in [0.717, 1.165) is 0 Å². The molecule has 3 heteroatoms. The quantitative estimate of drug-likeness (QED) is 0.448. The third-order valence-electron chi connectivity index (χ3n) is 2.83. The van der Waals surface area contributed by atoms with Gasteiger partial charge in [0, 0.05) is 0 Å². The van der Waals surface area contributed by atoms with Gasteiger partial charge in [-0.1, -0.05) is 0 Å². The van der Waals surface area contributed by atoms with Gasteiger partial charge < -0.3 is 0 Å². The summed E-state index contributed by atoms with van der Waals surface area (Å²) in [6.45, 7) is 0. The summed E-state index contributed by atoms with van der Waals surface area (Å²) < 4.78 is 10.2. The molecule has 0 aromatic heterocycles. The van der Waals surface area contributed by atoms with Crippen molar-refractivity contribution in [1.82, 2.24) is 0 Å². The van der Waals surface area contributed by atoms with E-state index in [4.69, 9.17) is 3.07 Å². The summed E-state index contributed by atoms with van der Waals surface area (Å²) in [6.07, 6.45) is 6.32. The Bertz CT molecular complexity index is 306. The van der Waals surface area contributed by atoms with Gasteiger partial charge in [0.25, 0.3) is 0 Å². The first-order chi connectivity index (χ1) is 7.62. The summed E-state index contributed by atoms with van der Waals surface area (Å²) in [5.74, 6) is 3.61. The minimum atomic E-state index is -2.21. The van der Waals surface area contributed by atoms with Crippen LogP contribution in [-0.2, 0) is 3.07 Å². The van der Waals surface area contributed by atoms with Gasteiger partial charge in [-0.05, 0) is 0 Å². The van der Waals surface area contributed by atoms with E-state index in [1.807, 2.05) is 0 Å². The van der Waals surface area contributed by atoms with Crippen LogP contribution in [0.1, 0.15) is 32.1 Å². The van der Waals surface area contributed by atoms with Gasteiger partial charge in [0.15, 0.2) is 0 Å². The van der Waals surface area contributed by atoms with E-state index >= 15 is 0 Å². The Kier molecular flexibility index (Phi) is 5.75. The Morgan fingerprint density at radius 3 is 1.82 bits per heavy atom. The molecule has 0 aliphatic heterocycles. The van der Waals surface area contributed by atoms with Crippen LogP contribution < -0.4 is 0 Å². The zero-order valence-electron chi connectivity index (χ0n) is 12.4. The zero-order chi connectivity index (χ0) is 13.2. The standard InChI is InChI=1S/C8H10O.6CH3.2Sn/c1-2-8(9)6-4-3-5-7-8;;;;;;;;/h3-7H2;6*1H3;;/q-1;;;;;;;;+1. The van der Waals surface area contributed by atoms with E-state index in [1.54, 1.807) is 0 Å². The fourth-order valence-electron chi connectivity index (χ4n) is 2.26. The van der Waals surface area contributed by atoms with Crippen LogP contribution in [0, 0.1) is 9.86 Å². The van der Waals surface area contributed by atoms with Gasteiger partial charge in [0.05, 0.1) is 0 Å². The molecular formula is C14H28OSn2. The van der Waals surface area contributed by atoms with Gasteiger partial charge in [-0.2, -0.15) is 0 Å². The number of rotatable bonds is 2. The van der Waals surface area contributed by atoms with E-state index in [2.05, 4.69) is 39.5 Å². The molecule has 1 aliphatic rings. The molecular weight excluding hydrogens is 422 g/mol. The van der Waals surface area contributed by atoms with Crippen LogP contribution in [0.25, 0.3) is 0 Å². The normalized spacial score (nSPS) is 20.6. The molecule has 0 radical (unpaired) electrons. The fraction of sp³-hybridized carbons (Fsp3) is 0.857. The summed E-state index contributed by atoms with van der Waals surface area (Å²) in [5, 5.41) is 0. The van der Waals surface area contributed by atoms with Gasteiger partial charge in [0.1, 0.15) is 0 Å². The van der Waals surface area contributed by atoms with E-state index in [9.17, 15) is 0 Å². The average molecular weight is 450 g/mol. The molecule has 0 unspecified atom stereocenters. The third-order valence-corrected chi connectivity index (χ3v) is 8.19. The van der Waals surface area contributed by atoms with Crippen molar-refractivity contribution in [3.63, 3.8) is 0 Å². The van der Waals surface area contributed by atoms with Gasteiger partial charge in [-0.3, -0.25) is 0 Å². The maximum absolute atomic E-state index is 6.53. The predicted octanol–water partition coefficient (Wildman–Crippen LogP) is 4.42. The van der Waals surface area contributed by atoms with Gasteiger partial charge >= 0.3 is 117 Å². The Balaban J connectivity index is 2.89. The summed E-state index contributed by atoms with van der Waals surface area (Å²) in [7, 11) is 0. The predicted molar refractivity (Wildman–Crippen MR) is 81.4 cm³/mol. The Hall–Kier alpha value is 1.12. The Morgan fingerprint density at radius 1 is 0.882 bits per heavy atom. The van der Waals surface area contributed by atoms with Crippen LogP contribution in [-0.4, -0.2) is 42.8 Å². The molecule has 0 N–H and O–H groups in total.